The molecule has 0 amide bonds. The molecule has 0 aromatic heterocycles. The molecule has 0 saturated carbocycles. The van der Waals surface area contributed by atoms with Gasteiger partial charge in [-0.3, -0.25) is 0 Å². The summed E-state index contributed by atoms with van der Waals surface area (Å²) in [5, 5.41) is 8.41. The zero-order chi connectivity index (χ0) is 8.91. The molecular weight excluding hydrogens is 150 g/mol. The summed E-state index contributed by atoms with van der Waals surface area (Å²) in [6.07, 6.45) is 5.17. The number of hydrogen-bond acceptors (Lipinski definition) is 1. The van der Waals surface area contributed by atoms with Crippen molar-refractivity contribution in [1.82, 2.24) is 0 Å². The van der Waals surface area contributed by atoms with Crippen LogP contribution < -0.4 is 0 Å². The Morgan fingerprint density at radius 3 is 1.91 bits per heavy atom. The fourth-order valence-corrected chi connectivity index (χ4v) is 1.31. The maximum atomic E-state index is 8.84. The first-order chi connectivity index (χ1) is 5.14. The van der Waals surface area contributed by atoms with Crippen molar-refractivity contribution in [2.45, 2.75) is 5.04 Å². The third-order valence-electron chi connectivity index (χ3n) is 1.87. The first-order valence-corrected chi connectivity index (χ1v) is 4.44. The van der Waals surface area contributed by atoms with Crippen molar-refractivity contribution in [3.8, 4) is 6.07 Å². The Morgan fingerprint density at radius 2 is 1.82 bits per heavy atom. The lowest BCUT2D eigenvalue weighted by Gasteiger charge is -2.22. The maximum Gasteiger partial charge on any atom is 0.0696 e. The van der Waals surface area contributed by atoms with Gasteiger partial charge in [0.05, 0.1) is 11.1 Å². The van der Waals surface area contributed by atoms with Gasteiger partial charge in [0.15, 0.2) is 0 Å². The van der Waals surface area contributed by atoms with Crippen molar-refractivity contribution in [2.24, 2.45) is 5.92 Å². The van der Waals surface area contributed by atoms with E-state index in [2.05, 4.69) is 25.8 Å². The van der Waals surface area contributed by atoms with Gasteiger partial charge in [-0.15, -0.1) is 19.7 Å². The number of allylic oxidation sites excluding steroid dienone is 3. The van der Waals surface area contributed by atoms with E-state index in [1.54, 1.807) is 18.2 Å². The minimum atomic E-state index is -0.427. The van der Waals surface area contributed by atoms with Crippen molar-refractivity contribution in [2.75, 3.05) is 0 Å². The highest BCUT2D eigenvalue weighted by Crippen LogP contribution is 2.33. The fourth-order valence-electron chi connectivity index (χ4n) is 0.842. The van der Waals surface area contributed by atoms with Crippen molar-refractivity contribution in [3.05, 3.63) is 38.0 Å². The summed E-state index contributed by atoms with van der Waals surface area (Å²) < 4.78 is 0. The van der Waals surface area contributed by atoms with Crippen molar-refractivity contribution in [3.63, 3.8) is 0 Å². The second-order valence-electron chi connectivity index (χ2n) is 2.60. The van der Waals surface area contributed by atoms with Crippen LogP contribution in [0.4, 0.5) is 0 Å². The molecule has 0 aromatic carbocycles. The number of nitriles is 1. The maximum absolute atomic E-state index is 8.84. The molecule has 11 heavy (non-hydrogen) atoms. The normalized spacial score (nSPS) is 14.9. The standard InChI is InChI=1S/C9H13NSi/c1-4-8(5-2)9(11,6-3)7-10/h4-6,8H,1-3H2,11H3. The highest BCUT2D eigenvalue weighted by molar-refractivity contribution is 6.19. The van der Waals surface area contributed by atoms with Gasteiger partial charge in [0, 0.05) is 16.2 Å². The molecule has 1 atom stereocenters. The van der Waals surface area contributed by atoms with Crippen LogP contribution in [0.15, 0.2) is 38.0 Å². The Labute approximate surface area is 71.2 Å². The van der Waals surface area contributed by atoms with E-state index in [-0.39, 0.29) is 5.92 Å². The van der Waals surface area contributed by atoms with Crippen LogP contribution in [0.1, 0.15) is 0 Å². The smallest absolute Gasteiger partial charge is 0.0696 e. The van der Waals surface area contributed by atoms with Crippen LogP contribution in [-0.4, -0.2) is 10.2 Å². The van der Waals surface area contributed by atoms with Crippen LogP contribution in [-0.2, 0) is 0 Å². The van der Waals surface area contributed by atoms with Gasteiger partial charge in [-0.1, -0.05) is 18.2 Å². The molecule has 0 aromatic rings. The topological polar surface area (TPSA) is 23.8 Å². The zero-order valence-electron chi connectivity index (χ0n) is 6.88. The predicted octanol–water partition coefficient (Wildman–Crippen LogP) is 1.21. The average molecular weight is 163 g/mol. The second kappa shape index (κ2) is 3.94. The highest BCUT2D eigenvalue weighted by atomic mass is 28.1. The predicted molar refractivity (Wildman–Crippen MR) is 52.3 cm³/mol. The molecule has 58 valence electrons. The first kappa shape index (κ1) is 9.93. The summed E-state index contributed by atoms with van der Waals surface area (Å²) >= 11 is 0. The molecule has 0 heterocycles. The number of hydrogen-bond donors (Lipinski definition) is 0. The fraction of sp³-hybridized carbons (Fsp3) is 0.222. The zero-order valence-corrected chi connectivity index (χ0v) is 8.88. The lowest BCUT2D eigenvalue weighted by Crippen LogP contribution is -2.16. The van der Waals surface area contributed by atoms with Crippen molar-refractivity contribution in [1.29, 1.82) is 5.26 Å². The van der Waals surface area contributed by atoms with E-state index < -0.39 is 5.04 Å². The van der Waals surface area contributed by atoms with E-state index in [1.165, 1.54) is 0 Å². The molecule has 0 rings (SSSR count). The largest absolute Gasteiger partial charge is 0.198 e. The van der Waals surface area contributed by atoms with E-state index in [9.17, 15) is 0 Å². The quantitative estimate of drug-likeness (QED) is 0.451. The van der Waals surface area contributed by atoms with Gasteiger partial charge in [0.25, 0.3) is 0 Å². The van der Waals surface area contributed by atoms with Crippen LogP contribution in [0.25, 0.3) is 0 Å². The Morgan fingerprint density at radius 1 is 1.36 bits per heavy atom. The van der Waals surface area contributed by atoms with Crippen LogP contribution in [0.3, 0.4) is 0 Å². The van der Waals surface area contributed by atoms with Crippen LogP contribution in [0, 0.1) is 17.2 Å². The SMILES string of the molecule is C=CC(C=C)C([SiH3])(C#N)C=C. The monoisotopic (exact) mass is 163 g/mol. The van der Waals surface area contributed by atoms with E-state index >= 15 is 0 Å². The molecule has 1 unspecified atom stereocenters. The first-order valence-electron chi connectivity index (χ1n) is 3.44. The molecule has 0 saturated heterocycles. The molecule has 2 heteroatoms. The molecule has 0 aliphatic heterocycles. The highest BCUT2D eigenvalue weighted by Gasteiger charge is 2.26. The summed E-state index contributed by atoms with van der Waals surface area (Å²) in [4.78, 5) is 0. The summed E-state index contributed by atoms with van der Waals surface area (Å²) in [5.74, 6) is 0.0386. The lowest BCUT2D eigenvalue weighted by atomic mass is 9.92. The van der Waals surface area contributed by atoms with Gasteiger partial charge in [0.1, 0.15) is 0 Å². The van der Waals surface area contributed by atoms with E-state index in [4.69, 9.17) is 5.26 Å². The van der Waals surface area contributed by atoms with Gasteiger partial charge >= 0.3 is 0 Å². The van der Waals surface area contributed by atoms with Crippen LogP contribution >= 0.6 is 0 Å². The molecular formula is C9H13NSi. The summed E-state index contributed by atoms with van der Waals surface area (Å²) in [5.41, 5.74) is 0. The summed E-state index contributed by atoms with van der Waals surface area (Å²) in [7, 11) is 0.751. The van der Waals surface area contributed by atoms with Crippen LogP contribution in [0.2, 0.25) is 5.04 Å². The van der Waals surface area contributed by atoms with Gasteiger partial charge in [-0.2, -0.15) is 5.26 Å². The van der Waals surface area contributed by atoms with Gasteiger partial charge in [0.2, 0.25) is 0 Å². The molecule has 0 radical (unpaired) electrons. The lowest BCUT2D eigenvalue weighted by molar-refractivity contribution is 0.716. The summed E-state index contributed by atoms with van der Waals surface area (Å²) in [6.45, 7) is 10.9. The Kier molecular flexibility index (Phi) is 3.56. The minimum absolute atomic E-state index is 0.0386. The molecule has 0 spiro atoms. The van der Waals surface area contributed by atoms with E-state index in [0.717, 1.165) is 10.2 Å². The Hall–Kier alpha value is -1.07. The third-order valence-corrected chi connectivity index (χ3v) is 3.16. The molecule has 0 bridgehead atoms. The minimum Gasteiger partial charge on any atom is -0.198 e. The average Bonchev–Trinajstić information content (AvgIpc) is 2.06. The molecule has 0 aliphatic carbocycles. The molecule has 0 fully saturated rings. The van der Waals surface area contributed by atoms with Crippen molar-refractivity contribution < 1.29 is 0 Å². The number of rotatable bonds is 4. The van der Waals surface area contributed by atoms with E-state index in [1.807, 2.05) is 0 Å². The van der Waals surface area contributed by atoms with Gasteiger partial charge in [-0.05, 0) is 0 Å². The van der Waals surface area contributed by atoms with E-state index in [0.29, 0.717) is 0 Å². The third kappa shape index (κ3) is 1.92. The molecule has 0 N–H and O–H groups in total. The molecule has 1 nitrogen and oxygen atoms in total. The second-order valence-corrected chi connectivity index (χ2v) is 4.25. The molecule has 0 aliphatic rings. The van der Waals surface area contributed by atoms with Crippen LogP contribution in [0.5, 0.6) is 0 Å². The van der Waals surface area contributed by atoms with Gasteiger partial charge in [-0.25, -0.2) is 0 Å². The van der Waals surface area contributed by atoms with Crippen molar-refractivity contribution >= 4 is 10.2 Å². The summed E-state index contributed by atoms with van der Waals surface area (Å²) in [6, 6.07) is 2.23. The van der Waals surface area contributed by atoms with Gasteiger partial charge < -0.3 is 0 Å². The Bertz CT molecular complexity index is 206. The Balaban J connectivity index is 4.75. The number of nitrogens with zero attached hydrogens (tertiary/aromatic N) is 1.